The quantitative estimate of drug-likeness (QED) is 0.479. The monoisotopic (exact) mass is 537 g/mol. The zero-order valence-electron chi connectivity index (χ0n) is 19.5. The number of halogens is 3. The minimum atomic E-state index is -4.62. The molecule has 37 heavy (non-hydrogen) atoms. The molecule has 1 N–H and O–H groups in total. The lowest BCUT2D eigenvalue weighted by molar-refractivity contribution is -0.137. The van der Waals surface area contributed by atoms with E-state index in [4.69, 9.17) is 0 Å². The zero-order chi connectivity index (χ0) is 26.8. The van der Waals surface area contributed by atoms with Crippen molar-refractivity contribution in [3.05, 3.63) is 66.2 Å². The third-order valence-electron chi connectivity index (χ3n) is 5.98. The molecule has 0 unspecified atom stereocenters. The topological polar surface area (TPSA) is 123 Å². The van der Waals surface area contributed by atoms with Gasteiger partial charge in [0.1, 0.15) is 12.7 Å². The summed E-state index contributed by atoms with van der Waals surface area (Å²) in [7, 11) is -2.91. The average Bonchev–Trinajstić information content (AvgIpc) is 3.42. The van der Waals surface area contributed by atoms with E-state index in [-0.39, 0.29) is 47.8 Å². The van der Waals surface area contributed by atoms with Crippen LogP contribution in [0.1, 0.15) is 28.8 Å². The van der Waals surface area contributed by atoms with E-state index in [9.17, 15) is 31.2 Å². The van der Waals surface area contributed by atoms with Crippen molar-refractivity contribution >= 4 is 27.6 Å². The number of anilines is 1. The standard InChI is InChI=1S/C23H22F3N5O5S/c1-36-22(33)17-4-2-3-5-20(17)37(34,35)30-10-8-15(9-11-30)21(32)29-18-12-16(23(24,25)26)6-7-19(18)31-14-27-13-28-31/h2-7,12-15H,8-11H2,1H3,(H,29,32). The van der Waals surface area contributed by atoms with Crippen molar-refractivity contribution in [3.63, 3.8) is 0 Å². The summed E-state index contributed by atoms with van der Waals surface area (Å²) in [5.74, 6) is -1.99. The number of ether oxygens (including phenoxy) is 1. The molecule has 2 heterocycles. The van der Waals surface area contributed by atoms with Crippen molar-refractivity contribution in [2.24, 2.45) is 5.92 Å². The van der Waals surface area contributed by atoms with Gasteiger partial charge >= 0.3 is 12.1 Å². The number of hydrogen-bond acceptors (Lipinski definition) is 7. The van der Waals surface area contributed by atoms with E-state index in [1.54, 1.807) is 0 Å². The number of carbonyl (C=O) groups excluding carboxylic acids is 2. The van der Waals surface area contributed by atoms with Crippen molar-refractivity contribution in [2.75, 3.05) is 25.5 Å². The number of alkyl halides is 3. The molecular formula is C23H22F3N5O5S. The molecule has 0 saturated carbocycles. The molecule has 1 aliphatic rings. The van der Waals surface area contributed by atoms with E-state index >= 15 is 0 Å². The fraction of sp³-hybridized carbons (Fsp3) is 0.304. The van der Waals surface area contributed by atoms with Crippen LogP contribution in [0.2, 0.25) is 0 Å². The summed E-state index contributed by atoms with van der Waals surface area (Å²) < 4.78 is 73.3. The average molecular weight is 538 g/mol. The summed E-state index contributed by atoms with van der Waals surface area (Å²) >= 11 is 0. The molecule has 4 rings (SSSR count). The highest BCUT2D eigenvalue weighted by molar-refractivity contribution is 7.89. The number of benzene rings is 2. The van der Waals surface area contributed by atoms with Gasteiger partial charge in [-0.2, -0.15) is 22.6 Å². The largest absolute Gasteiger partial charge is 0.465 e. The minimum Gasteiger partial charge on any atom is -0.465 e. The lowest BCUT2D eigenvalue weighted by Gasteiger charge is -2.31. The third kappa shape index (κ3) is 5.49. The third-order valence-corrected chi connectivity index (χ3v) is 7.94. The predicted molar refractivity (Wildman–Crippen MR) is 124 cm³/mol. The number of piperidine rings is 1. The molecule has 1 fully saturated rings. The normalized spacial score (nSPS) is 15.4. The molecule has 1 saturated heterocycles. The van der Waals surface area contributed by atoms with Gasteiger partial charge in [-0.3, -0.25) is 4.79 Å². The molecule has 3 aromatic rings. The summed E-state index contributed by atoms with van der Waals surface area (Å²) in [5, 5.41) is 6.46. The number of methoxy groups -OCH3 is 1. The number of nitrogens with zero attached hydrogens (tertiary/aromatic N) is 4. The number of sulfonamides is 1. The van der Waals surface area contributed by atoms with Crippen LogP contribution in [0, 0.1) is 5.92 Å². The van der Waals surface area contributed by atoms with E-state index in [1.807, 2.05) is 0 Å². The minimum absolute atomic E-state index is 0.0194. The van der Waals surface area contributed by atoms with E-state index in [2.05, 4.69) is 20.1 Å². The number of hydrogen-bond donors (Lipinski definition) is 1. The first-order valence-corrected chi connectivity index (χ1v) is 12.5. The van der Waals surface area contributed by atoms with Crippen LogP contribution in [0.15, 0.2) is 60.0 Å². The van der Waals surface area contributed by atoms with Gasteiger partial charge in [-0.1, -0.05) is 12.1 Å². The summed E-state index contributed by atoms with van der Waals surface area (Å²) in [4.78, 5) is 28.6. The Morgan fingerprint density at radius 1 is 1.11 bits per heavy atom. The van der Waals surface area contributed by atoms with E-state index in [0.717, 1.165) is 19.2 Å². The summed E-state index contributed by atoms with van der Waals surface area (Å²) in [6.07, 6.45) is -1.88. The maximum absolute atomic E-state index is 13.3. The molecule has 196 valence electrons. The Hall–Kier alpha value is -3.78. The van der Waals surface area contributed by atoms with Crippen LogP contribution in [-0.4, -0.2) is 59.6 Å². The summed E-state index contributed by atoms with van der Waals surface area (Å²) in [6.45, 7) is -0.0388. The van der Waals surface area contributed by atoms with Gasteiger partial charge in [-0.25, -0.2) is 22.9 Å². The second-order valence-corrected chi connectivity index (χ2v) is 10.1. The number of aromatic nitrogens is 3. The van der Waals surface area contributed by atoms with E-state index < -0.39 is 39.6 Å². The Balaban J connectivity index is 1.50. The van der Waals surface area contributed by atoms with Gasteiger partial charge in [0, 0.05) is 19.0 Å². The van der Waals surface area contributed by atoms with Gasteiger partial charge in [-0.15, -0.1) is 0 Å². The van der Waals surface area contributed by atoms with Crippen molar-refractivity contribution in [1.82, 2.24) is 19.1 Å². The number of amides is 1. The summed E-state index contributed by atoms with van der Waals surface area (Å²) in [5.41, 5.74) is -0.961. The Bertz CT molecular complexity index is 1400. The lowest BCUT2D eigenvalue weighted by atomic mass is 9.97. The summed E-state index contributed by atoms with van der Waals surface area (Å²) in [6, 6.07) is 8.53. The number of carbonyl (C=O) groups is 2. The second kappa shape index (κ2) is 10.3. The molecule has 14 heteroatoms. The van der Waals surface area contributed by atoms with E-state index in [1.165, 1.54) is 52.0 Å². The van der Waals surface area contributed by atoms with Crippen LogP contribution in [0.4, 0.5) is 18.9 Å². The Labute approximate surface area is 210 Å². The number of rotatable bonds is 6. The van der Waals surface area contributed by atoms with Gasteiger partial charge in [0.2, 0.25) is 15.9 Å². The van der Waals surface area contributed by atoms with Crippen LogP contribution in [-0.2, 0) is 25.7 Å². The maximum atomic E-state index is 13.3. The van der Waals surface area contributed by atoms with Gasteiger partial charge < -0.3 is 10.1 Å². The maximum Gasteiger partial charge on any atom is 0.416 e. The van der Waals surface area contributed by atoms with Crippen molar-refractivity contribution in [2.45, 2.75) is 23.9 Å². The second-order valence-electron chi connectivity index (χ2n) is 8.23. The zero-order valence-corrected chi connectivity index (χ0v) is 20.3. The Morgan fingerprint density at radius 2 is 1.81 bits per heavy atom. The first kappa shape index (κ1) is 26.3. The Morgan fingerprint density at radius 3 is 2.43 bits per heavy atom. The van der Waals surface area contributed by atoms with Crippen LogP contribution >= 0.6 is 0 Å². The molecule has 0 aliphatic carbocycles. The fourth-order valence-corrected chi connectivity index (χ4v) is 5.70. The molecular weight excluding hydrogens is 515 g/mol. The molecule has 1 aliphatic heterocycles. The molecule has 1 aromatic heterocycles. The van der Waals surface area contributed by atoms with Crippen LogP contribution in [0.25, 0.3) is 5.69 Å². The van der Waals surface area contributed by atoms with Gasteiger partial charge in [0.05, 0.1) is 34.5 Å². The molecule has 10 nitrogen and oxygen atoms in total. The number of nitrogens with one attached hydrogen (secondary N) is 1. The lowest BCUT2D eigenvalue weighted by Crippen LogP contribution is -2.41. The Kier molecular flexibility index (Phi) is 7.32. The molecule has 0 atom stereocenters. The van der Waals surface area contributed by atoms with Crippen LogP contribution in [0.3, 0.4) is 0 Å². The molecule has 1 amide bonds. The molecule has 0 bridgehead atoms. The number of esters is 1. The van der Waals surface area contributed by atoms with Gasteiger partial charge in [0.15, 0.2) is 0 Å². The fourth-order valence-electron chi connectivity index (χ4n) is 4.05. The highest BCUT2D eigenvalue weighted by atomic mass is 32.2. The van der Waals surface area contributed by atoms with Gasteiger partial charge in [-0.05, 0) is 43.2 Å². The highest BCUT2D eigenvalue weighted by Crippen LogP contribution is 2.34. The molecule has 0 radical (unpaired) electrons. The van der Waals surface area contributed by atoms with Crippen molar-refractivity contribution < 1.29 is 35.9 Å². The smallest absolute Gasteiger partial charge is 0.416 e. The van der Waals surface area contributed by atoms with Crippen molar-refractivity contribution in [1.29, 1.82) is 0 Å². The first-order valence-electron chi connectivity index (χ1n) is 11.1. The highest BCUT2D eigenvalue weighted by Gasteiger charge is 2.35. The molecule has 2 aromatic carbocycles. The van der Waals surface area contributed by atoms with E-state index in [0.29, 0.717) is 0 Å². The van der Waals surface area contributed by atoms with Gasteiger partial charge in [0.25, 0.3) is 0 Å². The van der Waals surface area contributed by atoms with Crippen molar-refractivity contribution in [3.8, 4) is 5.69 Å². The molecule has 0 spiro atoms. The first-order chi connectivity index (χ1) is 17.5. The van der Waals surface area contributed by atoms with Crippen LogP contribution in [0.5, 0.6) is 0 Å². The SMILES string of the molecule is COC(=O)c1ccccc1S(=O)(=O)N1CCC(C(=O)Nc2cc(C(F)(F)F)ccc2-n2cncn2)CC1. The van der Waals surface area contributed by atoms with Crippen LogP contribution < -0.4 is 5.32 Å². The predicted octanol–water partition coefficient (Wildman–Crippen LogP) is 3.11.